The Balaban J connectivity index is 2.35. The van der Waals surface area contributed by atoms with E-state index in [-0.39, 0.29) is 18.0 Å². The van der Waals surface area contributed by atoms with E-state index in [0.29, 0.717) is 5.75 Å². The molecule has 0 fully saturated rings. The topological polar surface area (TPSA) is 21.3 Å². The van der Waals surface area contributed by atoms with Crippen molar-refractivity contribution in [2.24, 2.45) is 0 Å². The first-order valence-corrected chi connectivity index (χ1v) is 5.38. The first kappa shape index (κ1) is 10.4. The summed E-state index contributed by atoms with van der Waals surface area (Å²) in [6.07, 6.45) is 2.09. The smallest absolute Gasteiger partial charge is 0.127 e. The normalized spacial score (nSPS) is 24.5. The molecule has 15 heavy (non-hydrogen) atoms. The predicted molar refractivity (Wildman–Crippen MR) is 57.5 cm³/mol. The van der Waals surface area contributed by atoms with Crippen molar-refractivity contribution in [3.8, 4) is 5.75 Å². The van der Waals surface area contributed by atoms with Crippen LogP contribution in [0, 0.1) is 5.82 Å². The second-order valence-electron chi connectivity index (χ2n) is 3.91. The summed E-state index contributed by atoms with van der Waals surface area (Å²) < 4.78 is 18.8. The summed E-state index contributed by atoms with van der Waals surface area (Å²) >= 11 is 0. The Morgan fingerprint density at radius 2 is 2.33 bits per heavy atom. The van der Waals surface area contributed by atoms with Gasteiger partial charge in [-0.1, -0.05) is 13.0 Å². The molecule has 2 unspecified atom stereocenters. The van der Waals surface area contributed by atoms with Crippen LogP contribution < -0.4 is 10.1 Å². The van der Waals surface area contributed by atoms with Gasteiger partial charge in [0.25, 0.3) is 0 Å². The van der Waals surface area contributed by atoms with E-state index in [4.69, 9.17) is 4.74 Å². The molecule has 2 atom stereocenters. The number of benzene rings is 1. The number of ether oxygens (including phenoxy) is 1. The highest BCUT2D eigenvalue weighted by Crippen LogP contribution is 2.35. The second-order valence-corrected chi connectivity index (χ2v) is 3.91. The van der Waals surface area contributed by atoms with Crippen molar-refractivity contribution in [1.82, 2.24) is 5.32 Å². The van der Waals surface area contributed by atoms with Crippen LogP contribution in [0.3, 0.4) is 0 Å². The SMILES string of the molecule is CCC1CC(NC)c2ccc(F)cc2O1. The monoisotopic (exact) mass is 209 g/mol. The number of hydrogen-bond donors (Lipinski definition) is 1. The minimum Gasteiger partial charge on any atom is -0.490 e. The molecule has 0 saturated carbocycles. The molecule has 1 aromatic carbocycles. The minimum absolute atomic E-state index is 0.191. The fraction of sp³-hybridized carbons (Fsp3) is 0.500. The highest BCUT2D eigenvalue weighted by atomic mass is 19.1. The number of halogens is 1. The van der Waals surface area contributed by atoms with Crippen LogP contribution in [0.2, 0.25) is 0 Å². The first-order valence-electron chi connectivity index (χ1n) is 5.38. The fourth-order valence-corrected chi connectivity index (χ4v) is 2.04. The molecule has 0 radical (unpaired) electrons. The van der Waals surface area contributed by atoms with Gasteiger partial charge in [0.1, 0.15) is 17.7 Å². The Labute approximate surface area is 89.4 Å². The lowest BCUT2D eigenvalue weighted by Crippen LogP contribution is -2.30. The van der Waals surface area contributed by atoms with Gasteiger partial charge in [0.05, 0.1) is 0 Å². The van der Waals surface area contributed by atoms with E-state index in [1.807, 2.05) is 7.05 Å². The molecule has 1 heterocycles. The number of fused-ring (bicyclic) bond motifs is 1. The molecule has 0 amide bonds. The van der Waals surface area contributed by atoms with E-state index in [1.165, 1.54) is 12.1 Å². The van der Waals surface area contributed by atoms with Crippen LogP contribution in [0.4, 0.5) is 4.39 Å². The maximum atomic E-state index is 13.1. The summed E-state index contributed by atoms with van der Waals surface area (Å²) in [6, 6.07) is 5.04. The molecule has 2 rings (SSSR count). The number of hydrogen-bond acceptors (Lipinski definition) is 2. The highest BCUT2D eigenvalue weighted by molar-refractivity contribution is 5.38. The lowest BCUT2D eigenvalue weighted by molar-refractivity contribution is 0.147. The van der Waals surface area contributed by atoms with Crippen LogP contribution in [-0.4, -0.2) is 13.2 Å². The highest BCUT2D eigenvalue weighted by Gasteiger charge is 2.26. The first-order chi connectivity index (χ1) is 7.24. The van der Waals surface area contributed by atoms with Crippen LogP contribution in [-0.2, 0) is 0 Å². The Morgan fingerprint density at radius 3 is 3.00 bits per heavy atom. The summed E-state index contributed by atoms with van der Waals surface area (Å²) in [7, 11) is 1.93. The minimum atomic E-state index is -0.236. The maximum absolute atomic E-state index is 13.1. The Kier molecular flexibility index (Phi) is 2.91. The van der Waals surface area contributed by atoms with Crippen molar-refractivity contribution < 1.29 is 9.13 Å². The summed E-state index contributed by atoms with van der Waals surface area (Å²) in [6.45, 7) is 2.08. The van der Waals surface area contributed by atoms with Crippen molar-refractivity contribution >= 4 is 0 Å². The third kappa shape index (κ3) is 1.97. The zero-order valence-corrected chi connectivity index (χ0v) is 9.09. The quantitative estimate of drug-likeness (QED) is 0.808. The molecule has 0 saturated heterocycles. The zero-order valence-electron chi connectivity index (χ0n) is 9.09. The van der Waals surface area contributed by atoms with Gasteiger partial charge in [-0.3, -0.25) is 0 Å². The molecule has 1 N–H and O–H groups in total. The third-order valence-electron chi connectivity index (χ3n) is 2.95. The molecule has 1 aliphatic heterocycles. The van der Waals surface area contributed by atoms with Gasteiger partial charge in [-0.05, 0) is 19.5 Å². The summed E-state index contributed by atoms with van der Waals surface area (Å²) in [5.74, 6) is 0.452. The standard InChI is InChI=1S/C12H16FNO/c1-3-9-7-11(14-2)10-5-4-8(13)6-12(10)15-9/h4-6,9,11,14H,3,7H2,1-2H3. The van der Waals surface area contributed by atoms with Crippen molar-refractivity contribution in [3.05, 3.63) is 29.6 Å². The summed E-state index contributed by atoms with van der Waals surface area (Å²) in [5.41, 5.74) is 1.06. The van der Waals surface area contributed by atoms with Gasteiger partial charge in [0.15, 0.2) is 0 Å². The van der Waals surface area contributed by atoms with E-state index in [9.17, 15) is 4.39 Å². The molecule has 2 nitrogen and oxygen atoms in total. The van der Waals surface area contributed by atoms with Gasteiger partial charge in [0.2, 0.25) is 0 Å². The van der Waals surface area contributed by atoms with E-state index >= 15 is 0 Å². The van der Waals surface area contributed by atoms with Crippen LogP contribution >= 0.6 is 0 Å². The summed E-state index contributed by atoms with van der Waals surface area (Å²) in [4.78, 5) is 0. The molecular weight excluding hydrogens is 193 g/mol. The van der Waals surface area contributed by atoms with Gasteiger partial charge in [0, 0.05) is 24.1 Å². The van der Waals surface area contributed by atoms with E-state index in [1.54, 1.807) is 6.07 Å². The molecule has 1 aromatic rings. The third-order valence-corrected chi connectivity index (χ3v) is 2.95. The molecule has 0 aromatic heterocycles. The Hall–Kier alpha value is -1.09. The average Bonchev–Trinajstić information content (AvgIpc) is 2.26. The van der Waals surface area contributed by atoms with Crippen molar-refractivity contribution in [2.45, 2.75) is 31.9 Å². The van der Waals surface area contributed by atoms with Crippen LogP contribution in [0.5, 0.6) is 5.75 Å². The zero-order chi connectivity index (χ0) is 10.8. The molecule has 0 bridgehead atoms. The van der Waals surface area contributed by atoms with E-state index < -0.39 is 0 Å². The average molecular weight is 209 g/mol. The van der Waals surface area contributed by atoms with Gasteiger partial charge in [-0.25, -0.2) is 4.39 Å². The predicted octanol–water partition coefficient (Wildman–Crippen LogP) is 2.65. The molecule has 82 valence electrons. The number of nitrogens with one attached hydrogen (secondary N) is 1. The second kappa shape index (κ2) is 4.19. The number of rotatable bonds is 2. The largest absolute Gasteiger partial charge is 0.490 e. The lowest BCUT2D eigenvalue weighted by atomic mass is 9.95. The lowest BCUT2D eigenvalue weighted by Gasteiger charge is -2.31. The van der Waals surface area contributed by atoms with Crippen LogP contribution in [0.25, 0.3) is 0 Å². The fourth-order valence-electron chi connectivity index (χ4n) is 2.04. The van der Waals surface area contributed by atoms with Crippen molar-refractivity contribution in [3.63, 3.8) is 0 Å². The van der Waals surface area contributed by atoms with Gasteiger partial charge in [-0.15, -0.1) is 0 Å². The van der Waals surface area contributed by atoms with Gasteiger partial charge in [-0.2, -0.15) is 0 Å². The molecule has 0 spiro atoms. The van der Waals surface area contributed by atoms with Gasteiger partial charge >= 0.3 is 0 Å². The summed E-state index contributed by atoms with van der Waals surface area (Å²) in [5, 5.41) is 3.24. The Morgan fingerprint density at radius 1 is 1.53 bits per heavy atom. The van der Waals surface area contributed by atoms with E-state index in [2.05, 4.69) is 12.2 Å². The van der Waals surface area contributed by atoms with Gasteiger partial charge < -0.3 is 10.1 Å². The van der Waals surface area contributed by atoms with Crippen molar-refractivity contribution in [2.75, 3.05) is 7.05 Å². The molecular formula is C12H16FNO. The molecule has 0 aliphatic carbocycles. The van der Waals surface area contributed by atoms with E-state index in [0.717, 1.165) is 18.4 Å². The molecule has 3 heteroatoms. The van der Waals surface area contributed by atoms with Crippen LogP contribution in [0.1, 0.15) is 31.4 Å². The maximum Gasteiger partial charge on any atom is 0.127 e. The molecule has 1 aliphatic rings. The van der Waals surface area contributed by atoms with Crippen molar-refractivity contribution in [1.29, 1.82) is 0 Å². The van der Waals surface area contributed by atoms with Crippen LogP contribution in [0.15, 0.2) is 18.2 Å². The Bertz CT molecular complexity index is 353.